The van der Waals surface area contributed by atoms with Crippen LogP contribution in [0.1, 0.15) is 40.9 Å². The molecule has 0 radical (unpaired) electrons. The number of nitrogens with zero attached hydrogens (tertiary/aromatic N) is 1. The Balaban J connectivity index is 1.57. The number of benzene rings is 1. The van der Waals surface area contributed by atoms with Crippen molar-refractivity contribution in [2.45, 2.75) is 37.0 Å². The van der Waals surface area contributed by atoms with Gasteiger partial charge in [-0.15, -0.1) is 11.3 Å². The molecule has 1 aliphatic heterocycles. The van der Waals surface area contributed by atoms with Crippen LogP contribution in [-0.4, -0.2) is 43.4 Å². The number of nitrogens with one attached hydrogen (secondary N) is 1. The number of amides is 1. The molecule has 1 saturated heterocycles. The van der Waals surface area contributed by atoms with Gasteiger partial charge < -0.3 is 10.4 Å². The van der Waals surface area contributed by atoms with Crippen molar-refractivity contribution in [1.82, 2.24) is 9.62 Å². The van der Waals surface area contributed by atoms with Crippen molar-refractivity contribution in [3.63, 3.8) is 0 Å². The molecule has 0 atom stereocenters. The minimum Gasteiger partial charge on any atom is -0.508 e. The molecule has 0 bridgehead atoms. The van der Waals surface area contributed by atoms with Crippen molar-refractivity contribution in [2.75, 3.05) is 19.6 Å². The lowest BCUT2D eigenvalue weighted by atomic mass is 10.1. The highest BCUT2D eigenvalue weighted by atomic mass is 32.2. The maximum atomic E-state index is 12.8. The molecule has 2 heterocycles. The number of sulfonamides is 1. The van der Waals surface area contributed by atoms with Gasteiger partial charge in [0.2, 0.25) is 10.0 Å². The van der Waals surface area contributed by atoms with Crippen molar-refractivity contribution in [2.24, 2.45) is 0 Å². The van der Waals surface area contributed by atoms with Gasteiger partial charge in [-0.2, -0.15) is 4.31 Å². The highest BCUT2D eigenvalue weighted by Crippen LogP contribution is 2.27. The SMILES string of the molecule is O=C(NCCCc1ccc(O)cc1)c1sccc1S(=O)(=O)N1CCCCC1. The Bertz CT molecular complexity index is 869. The van der Waals surface area contributed by atoms with Crippen LogP contribution in [0.15, 0.2) is 40.6 Å². The van der Waals surface area contributed by atoms with Crippen molar-refractivity contribution in [1.29, 1.82) is 0 Å². The number of thiophene rings is 1. The first-order valence-corrected chi connectivity index (χ1v) is 11.4. The highest BCUT2D eigenvalue weighted by Gasteiger charge is 2.30. The fourth-order valence-corrected chi connectivity index (χ4v) is 5.98. The predicted molar refractivity (Wildman–Crippen MR) is 106 cm³/mol. The van der Waals surface area contributed by atoms with E-state index in [1.807, 2.05) is 12.1 Å². The number of rotatable bonds is 7. The van der Waals surface area contributed by atoms with Crippen LogP contribution >= 0.6 is 11.3 Å². The third kappa shape index (κ3) is 4.88. The Morgan fingerprint density at radius 2 is 1.81 bits per heavy atom. The van der Waals surface area contributed by atoms with Gasteiger partial charge >= 0.3 is 0 Å². The molecule has 1 aromatic heterocycles. The van der Waals surface area contributed by atoms with Crippen LogP contribution in [0.25, 0.3) is 0 Å². The Morgan fingerprint density at radius 1 is 1.11 bits per heavy atom. The highest BCUT2D eigenvalue weighted by molar-refractivity contribution is 7.89. The van der Waals surface area contributed by atoms with E-state index in [1.54, 1.807) is 17.5 Å². The lowest BCUT2D eigenvalue weighted by molar-refractivity contribution is 0.0954. The summed E-state index contributed by atoms with van der Waals surface area (Å²) in [7, 11) is -3.61. The number of aryl methyl sites for hydroxylation is 1. The van der Waals surface area contributed by atoms with E-state index in [9.17, 15) is 18.3 Å². The molecule has 1 aliphatic rings. The van der Waals surface area contributed by atoms with E-state index in [2.05, 4.69) is 5.32 Å². The topological polar surface area (TPSA) is 86.7 Å². The van der Waals surface area contributed by atoms with E-state index < -0.39 is 10.0 Å². The second-order valence-corrected chi connectivity index (χ2v) is 9.43. The summed E-state index contributed by atoms with van der Waals surface area (Å²) >= 11 is 1.16. The fourth-order valence-electron chi connectivity index (χ4n) is 3.15. The summed E-state index contributed by atoms with van der Waals surface area (Å²) < 4.78 is 27.2. The third-order valence-corrected chi connectivity index (χ3v) is 7.62. The molecule has 1 amide bonds. The molecule has 8 heteroatoms. The molecule has 146 valence electrons. The predicted octanol–water partition coefficient (Wildman–Crippen LogP) is 2.99. The maximum Gasteiger partial charge on any atom is 0.262 e. The largest absolute Gasteiger partial charge is 0.508 e. The van der Waals surface area contributed by atoms with E-state index in [0.717, 1.165) is 49.0 Å². The van der Waals surface area contributed by atoms with Crippen LogP contribution in [0.5, 0.6) is 5.75 Å². The van der Waals surface area contributed by atoms with Gasteiger partial charge in [0.15, 0.2) is 0 Å². The number of carbonyl (C=O) groups is 1. The smallest absolute Gasteiger partial charge is 0.262 e. The number of carbonyl (C=O) groups excluding carboxylic acids is 1. The summed E-state index contributed by atoms with van der Waals surface area (Å²) in [5, 5.41) is 13.8. The standard InChI is InChI=1S/C19H24N2O4S2/c22-16-8-6-15(7-9-16)5-4-11-20-19(23)18-17(10-14-26-18)27(24,25)21-12-2-1-3-13-21/h6-10,14,22H,1-5,11-13H2,(H,20,23). The lowest BCUT2D eigenvalue weighted by Crippen LogP contribution is -2.36. The van der Waals surface area contributed by atoms with E-state index in [4.69, 9.17) is 0 Å². The zero-order chi connectivity index (χ0) is 19.3. The van der Waals surface area contributed by atoms with Crippen molar-refractivity contribution < 1.29 is 18.3 Å². The van der Waals surface area contributed by atoms with Gasteiger partial charge in [0.25, 0.3) is 5.91 Å². The van der Waals surface area contributed by atoms with Crippen molar-refractivity contribution in [3.05, 3.63) is 46.2 Å². The maximum absolute atomic E-state index is 12.8. The van der Waals surface area contributed by atoms with Crippen molar-refractivity contribution >= 4 is 27.3 Å². The molecule has 0 aliphatic carbocycles. The average Bonchev–Trinajstić information content (AvgIpc) is 3.18. The van der Waals surface area contributed by atoms with Gasteiger partial charge in [0.05, 0.1) is 0 Å². The van der Waals surface area contributed by atoms with E-state index in [0.29, 0.717) is 19.6 Å². The molecular formula is C19H24N2O4S2. The molecule has 1 aromatic carbocycles. The first-order chi connectivity index (χ1) is 13.0. The van der Waals surface area contributed by atoms with Crippen LogP contribution in [0.2, 0.25) is 0 Å². The molecule has 0 spiro atoms. The van der Waals surface area contributed by atoms with Crippen molar-refractivity contribution in [3.8, 4) is 5.75 Å². The second kappa shape index (κ2) is 8.86. The Hall–Kier alpha value is -1.90. The van der Waals surface area contributed by atoms with E-state index in [1.165, 1.54) is 10.4 Å². The van der Waals surface area contributed by atoms with Gasteiger partial charge in [-0.25, -0.2) is 8.42 Å². The lowest BCUT2D eigenvalue weighted by Gasteiger charge is -2.25. The first kappa shape index (κ1) is 19.9. The summed E-state index contributed by atoms with van der Waals surface area (Å²) in [5.74, 6) is -0.113. The summed E-state index contributed by atoms with van der Waals surface area (Å²) in [6, 6.07) is 8.49. The Morgan fingerprint density at radius 3 is 2.52 bits per heavy atom. The molecule has 2 aromatic rings. The van der Waals surface area contributed by atoms with E-state index in [-0.39, 0.29) is 21.4 Å². The van der Waals surface area contributed by atoms with Gasteiger partial charge in [0, 0.05) is 19.6 Å². The Labute approximate surface area is 163 Å². The number of aromatic hydroxyl groups is 1. The molecule has 27 heavy (non-hydrogen) atoms. The van der Waals surface area contributed by atoms with Crippen LogP contribution < -0.4 is 5.32 Å². The third-order valence-electron chi connectivity index (χ3n) is 4.63. The van der Waals surface area contributed by atoms with E-state index >= 15 is 0 Å². The van der Waals surface area contributed by atoms with Crippen LogP contribution in [0.3, 0.4) is 0 Å². The molecule has 2 N–H and O–H groups in total. The fraction of sp³-hybridized carbons (Fsp3) is 0.421. The molecule has 0 saturated carbocycles. The normalized spacial score (nSPS) is 15.6. The van der Waals surface area contributed by atoms with Gasteiger partial charge in [-0.3, -0.25) is 4.79 Å². The minimum atomic E-state index is -3.61. The van der Waals surface area contributed by atoms with Crippen LogP contribution in [-0.2, 0) is 16.4 Å². The Kier molecular flexibility index (Phi) is 6.51. The average molecular weight is 409 g/mol. The van der Waals surface area contributed by atoms with Gasteiger partial charge in [-0.1, -0.05) is 18.6 Å². The molecule has 1 fully saturated rings. The summed E-state index contributed by atoms with van der Waals surface area (Å²) in [6.07, 6.45) is 4.27. The van der Waals surface area contributed by atoms with Crippen LogP contribution in [0.4, 0.5) is 0 Å². The molecular weight excluding hydrogens is 384 g/mol. The second-order valence-electron chi connectivity index (χ2n) is 6.60. The number of phenols is 1. The van der Waals surface area contributed by atoms with Crippen LogP contribution in [0, 0.1) is 0 Å². The molecule has 3 rings (SSSR count). The number of hydrogen-bond donors (Lipinski definition) is 2. The van der Waals surface area contributed by atoms with Gasteiger partial charge in [0.1, 0.15) is 15.5 Å². The zero-order valence-electron chi connectivity index (χ0n) is 15.1. The summed E-state index contributed by atoms with van der Waals surface area (Å²) in [5.41, 5.74) is 1.08. The molecule has 6 nitrogen and oxygen atoms in total. The number of piperidine rings is 1. The molecule has 0 unspecified atom stereocenters. The minimum absolute atomic E-state index is 0.116. The zero-order valence-corrected chi connectivity index (χ0v) is 16.7. The quantitative estimate of drug-likeness (QED) is 0.690. The summed E-state index contributed by atoms with van der Waals surface area (Å²) in [6.45, 7) is 1.50. The van der Waals surface area contributed by atoms with Gasteiger partial charge in [-0.05, 0) is 54.8 Å². The summed E-state index contributed by atoms with van der Waals surface area (Å²) in [4.78, 5) is 12.9. The number of hydrogen-bond acceptors (Lipinski definition) is 5. The monoisotopic (exact) mass is 408 g/mol. The first-order valence-electron chi connectivity index (χ1n) is 9.12. The number of phenolic OH excluding ortho intramolecular Hbond substituents is 1.